The first-order chi connectivity index (χ1) is 14.8. The number of hydrogen-bond donors (Lipinski definition) is 0. The molecule has 2 aliphatic heterocycles. The Labute approximate surface area is 178 Å². The van der Waals surface area contributed by atoms with E-state index >= 15 is 0 Å². The highest BCUT2D eigenvalue weighted by molar-refractivity contribution is 5.94. The van der Waals surface area contributed by atoms with E-state index in [0.717, 1.165) is 50.1 Å². The lowest BCUT2D eigenvalue weighted by molar-refractivity contribution is -0.141. The van der Waals surface area contributed by atoms with Crippen LogP contribution in [0.1, 0.15) is 16.1 Å². The lowest BCUT2D eigenvalue weighted by Crippen LogP contribution is -2.49. The third-order valence-corrected chi connectivity index (χ3v) is 5.66. The number of carbonyl (C=O) groups is 1. The van der Waals surface area contributed by atoms with E-state index in [9.17, 15) is 18.0 Å². The molecule has 2 fully saturated rings. The molecule has 2 aliphatic rings. The Hall–Kier alpha value is -2.95. The Kier molecular flexibility index (Phi) is 5.94. The van der Waals surface area contributed by atoms with Crippen LogP contribution in [-0.4, -0.2) is 90.1 Å². The van der Waals surface area contributed by atoms with E-state index in [-0.39, 0.29) is 11.5 Å². The van der Waals surface area contributed by atoms with Crippen LogP contribution in [0.15, 0.2) is 30.7 Å². The average molecular weight is 435 g/mol. The van der Waals surface area contributed by atoms with Crippen molar-refractivity contribution in [2.45, 2.75) is 6.18 Å². The van der Waals surface area contributed by atoms with Crippen molar-refractivity contribution in [3.8, 4) is 0 Å². The Bertz CT molecular complexity index is 906. The number of halogens is 3. The van der Waals surface area contributed by atoms with Gasteiger partial charge in [-0.1, -0.05) is 0 Å². The van der Waals surface area contributed by atoms with Gasteiger partial charge in [-0.3, -0.25) is 9.78 Å². The molecular weight excluding hydrogens is 411 g/mol. The summed E-state index contributed by atoms with van der Waals surface area (Å²) >= 11 is 0. The number of alkyl halides is 3. The number of likely N-dealkylation sites (N-methyl/N-ethyl adjacent to an activating group) is 1. The smallest absolute Gasteiger partial charge is 0.354 e. The van der Waals surface area contributed by atoms with Crippen LogP contribution >= 0.6 is 0 Å². The molecule has 0 unspecified atom stereocenters. The van der Waals surface area contributed by atoms with Crippen molar-refractivity contribution in [2.75, 3.05) is 69.2 Å². The number of carbonyl (C=O) groups excluding carboxylic acids is 1. The summed E-state index contributed by atoms with van der Waals surface area (Å²) in [6.07, 6.45) is -1.97. The molecule has 0 aliphatic carbocycles. The molecule has 4 rings (SSSR count). The molecule has 0 N–H and O–H groups in total. The van der Waals surface area contributed by atoms with Crippen molar-refractivity contribution in [3.63, 3.8) is 0 Å². The number of hydrogen-bond acceptors (Lipinski definition) is 7. The average Bonchev–Trinajstić information content (AvgIpc) is 2.79. The zero-order chi connectivity index (χ0) is 22.0. The third-order valence-electron chi connectivity index (χ3n) is 5.66. The van der Waals surface area contributed by atoms with Gasteiger partial charge in [0.25, 0.3) is 5.91 Å². The molecule has 166 valence electrons. The number of piperazine rings is 2. The maximum atomic E-state index is 12.7. The highest BCUT2D eigenvalue weighted by Crippen LogP contribution is 2.27. The molecule has 1 amide bonds. The van der Waals surface area contributed by atoms with Gasteiger partial charge in [-0.05, 0) is 19.2 Å². The first-order valence-corrected chi connectivity index (χ1v) is 10.1. The number of rotatable bonds is 3. The summed E-state index contributed by atoms with van der Waals surface area (Å²) in [6.45, 7) is 5.87. The second kappa shape index (κ2) is 8.66. The first kappa shape index (κ1) is 21.3. The zero-order valence-electron chi connectivity index (χ0n) is 17.2. The topological polar surface area (TPSA) is 68.7 Å². The normalized spacial score (nSPS) is 18.4. The van der Waals surface area contributed by atoms with E-state index in [4.69, 9.17) is 0 Å². The van der Waals surface area contributed by atoms with E-state index in [1.807, 2.05) is 6.07 Å². The fraction of sp³-hybridized carbons (Fsp3) is 0.500. The lowest BCUT2D eigenvalue weighted by atomic mass is 10.2. The molecular formula is C20H24F3N7O. The van der Waals surface area contributed by atoms with E-state index < -0.39 is 11.9 Å². The summed E-state index contributed by atoms with van der Waals surface area (Å²) in [7, 11) is 2.10. The van der Waals surface area contributed by atoms with Crippen molar-refractivity contribution in [2.24, 2.45) is 0 Å². The fourth-order valence-electron chi connectivity index (χ4n) is 3.73. The molecule has 4 heterocycles. The van der Waals surface area contributed by atoms with Crippen LogP contribution < -0.4 is 9.80 Å². The minimum absolute atomic E-state index is 0.154. The van der Waals surface area contributed by atoms with Gasteiger partial charge in [0.2, 0.25) is 0 Å². The molecule has 0 atom stereocenters. The summed E-state index contributed by atoms with van der Waals surface area (Å²) in [6, 6.07) is 3.99. The molecule has 0 radical (unpaired) electrons. The Balaban J connectivity index is 1.36. The van der Waals surface area contributed by atoms with E-state index in [2.05, 4.69) is 36.7 Å². The highest BCUT2D eigenvalue weighted by Gasteiger charge is 2.32. The van der Waals surface area contributed by atoms with Gasteiger partial charge in [-0.25, -0.2) is 9.97 Å². The maximum absolute atomic E-state index is 12.7. The minimum Gasteiger partial charge on any atom is -0.354 e. The molecule has 0 saturated carbocycles. The molecule has 0 bridgehead atoms. The molecule has 2 aromatic heterocycles. The number of amides is 1. The predicted octanol–water partition coefficient (Wildman–Crippen LogP) is 1.60. The van der Waals surface area contributed by atoms with Crippen molar-refractivity contribution in [1.29, 1.82) is 0 Å². The third kappa shape index (κ3) is 4.87. The van der Waals surface area contributed by atoms with Gasteiger partial charge in [-0.15, -0.1) is 0 Å². The van der Waals surface area contributed by atoms with Gasteiger partial charge in [0.1, 0.15) is 23.7 Å². The SMILES string of the molecule is CN1CCN(c2cc(N3CCN(C(=O)c4ccc(C(F)(F)F)nc4)CC3)ncn2)CC1. The van der Waals surface area contributed by atoms with Crippen LogP contribution in [0.2, 0.25) is 0 Å². The molecule has 31 heavy (non-hydrogen) atoms. The predicted molar refractivity (Wildman–Crippen MR) is 109 cm³/mol. The summed E-state index contributed by atoms with van der Waals surface area (Å²) < 4.78 is 38.0. The summed E-state index contributed by atoms with van der Waals surface area (Å²) in [5, 5.41) is 0. The van der Waals surface area contributed by atoms with Gasteiger partial charge >= 0.3 is 6.18 Å². The number of aromatic nitrogens is 3. The summed E-state index contributed by atoms with van der Waals surface area (Å²) in [5.41, 5.74) is -0.852. The maximum Gasteiger partial charge on any atom is 0.433 e. The number of anilines is 2. The van der Waals surface area contributed by atoms with Gasteiger partial charge in [0.05, 0.1) is 5.56 Å². The number of pyridine rings is 1. The van der Waals surface area contributed by atoms with Crippen molar-refractivity contribution in [1.82, 2.24) is 24.8 Å². The van der Waals surface area contributed by atoms with Crippen LogP contribution in [0.5, 0.6) is 0 Å². The molecule has 2 aromatic rings. The summed E-state index contributed by atoms with van der Waals surface area (Å²) in [5.74, 6) is 1.39. The highest BCUT2D eigenvalue weighted by atomic mass is 19.4. The van der Waals surface area contributed by atoms with E-state index in [1.54, 1.807) is 11.2 Å². The first-order valence-electron chi connectivity index (χ1n) is 10.1. The standard InChI is InChI=1S/C20H24F3N7O/c1-27-4-6-28(7-5-27)17-12-18(26-14-25-17)29-8-10-30(11-9-29)19(31)15-2-3-16(24-13-15)20(21,22)23/h2-3,12-14H,4-11H2,1H3. The van der Waals surface area contributed by atoms with Gasteiger partial charge in [-0.2, -0.15) is 13.2 Å². The monoisotopic (exact) mass is 435 g/mol. The quantitative estimate of drug-likeness (QED) is 0.726. The minimum atomic E-state index is -4.52. The molecule has 8 nitrogen and oxygen atoms in total. The van der Waals surface area contributed by atoms with Gasteiger partial charge in [0, 0.05) is 64.6 Å². The molecule has 0 spiro atoms. The van der Waals surface area contributed by atoms with Crippen molar-refractivity contribution >= 4 is 17.5 Å². The van der Waals surface area contributed by atoms with Crippen LogP contribution in [0.4, 0.5) is 24.8 Å². The van der Waals surface area contributed by atoms with Gasteiger partial charge in [0.15, 0.2) is 0 Å². The van der Waals surface area contributed by atoms with Crippen molar-refractivity contribution in [3.05, 3.63) is 42.0 Å². The van der Waals surface area contributed by atoms with Crippen LogP contribution in [0.25, 0.3) is 0 Å². The van der Waals surface area contributed by atoms with Gasteiger partial charge < -0.3 is 19.6 Å². The fourth-order valence-corrected chi connectivity index (χ4v) is 3.73. The van der Waals surface area contributed by atoms with Crippen LogP contribution in [-0.2, 0) is 6.18 Å². The number of nitrogens with zero attached hydrogens (tertiary/aromatic N) is 7. The summed E-state index contributed by atoms with van der Waals surface area (Å²) in [4.78, 5) is 33.1. The van der Waals surface area contributed by atoms with E-state index in [0.29, 0.717) is 26.2 Å². The molecule has 0 aromatic carbocycles. The second-order valence-corrected chi connectivity index (χ2v) is 7.73. The molecule has 11 heteroatoms. The Morgan fingerprint density at radius 1 is 0.871 bits per heavy atom. The Morgan fingerprint density at radius 3 is 1.97 bits per heavy atom. The van der Waals surface area contributed by atoms with Crippen molar-refractivity contribution < 1.29 is 18.0 Å². The largest absolute Gasteiger partial charge is 0.433 e. The second-order valence-electron chi connectivity index (χ2n) is 7.73. The molecule has 2 saturated heterocycles. The zero-order valence-corrected chi connectivity index (χ0v) is 17.2. The van der Waals surface area contributed by atoms with E-state index in [1.165, 1.54) is 6.07 Å². The lowest BCUT2D eigenvalue weighted by Gasteiger charge is -2.36. The van der Waals surface area contributed by atoms with Crippen LogP contribution in [0, 0.1) is 0 Å². The Morgan fingerprint density at radius 2 is 1.45 bits per heavy atom. The van der Waals surface area contributed by atoms with Crippen LogP contribution in [0.3, 0.4) is 0 Å².